The zero-order chi connectivity index (χ0) is 18.2. The number of benzene rings is 1. The first-order chi connectivity index (χ1) is 12.7. The lowest BCUT2D eigenvalue weighted by Crippen LogP contribution is -2.30. The van der Waals surface area contributed by atoms with Crippen molar-refractivity contribution >= 4 is 17.7 Å². The third kappa shape index (κ3) is 5.86. The predicted octanol–water partition coefficient (Wildman–Crippen LogP) is 2.81. The molecule has 1 aromatic carbocycles. The van der Waals surface area contributed by atoms with E-state index in [0.717, 1.165) is 25.2 Å². The van der Waals surface area contributed by atoms with E-state index in [4.69, 9.17) is 14.0 Å². The highest BCUT2D eigenvalue weighted by Gasteiger charge is 2.17. The molecule has 2 aromatic rings. The van der Waals surface area contributed by atoms with E-state index in [0.29, 0.717) is 37.1 Å². The Labute approximate surface area is 157 Å². The molecule has 1 amide bonds. The quantitative estimate of drug-likeness (QED) is 0.679. The summed E-state index contributed by atoms with van der Waals surface area (Å²) in [6, 6.07) is 10.0. The Kier molecular flexibility index (Phi) is 7.11. The molecule has 1 aliphatic rings. The van der Waals surface area contributed by atoms with Crippen LogP contribution in [-0.4, -0.2) is 37.1 Å². The van der Waals surface area contributed by atoms with E-state index in [1.54, 1.807) is 17.8 Å². The van der Waals surface area contributed by atoms with E-state index >= 15 is 0 Å². The maximum Gasteiger partial charge on any atom is 0.226 e. The van der Waals surface area contributed by atoms with Crippen LogP contribution in [0.25, 0.3) is 0 Å². The standard InChI is InChI=1S/C19H24N2O4S/c1-26-18-4-2-14(3-5-18)11-24-13-17-8-16(21-25-17)9-19(22)20-10-15-6-7-23-12-15/h2-5,8,15H,6-7,9-13H2,1H3,(H,20,22). The number of thioether (sulfide) groups is 1. The third-order valence-corrected chi connectivity index (χ3v) is 4.98. The van der Waals surface area contributed by atoms with Gasteiger partial charge in [-0.25, -0.2) is 0 Å². The van der Waals surface area contributed by atoms with Crippen LogP contribution in [-0.2, 0) is 33.9 Å². The molecule has 7 heteroatoms. The van der Waals surface area contributed by atoms with Gasteiger partial charge in [0.2, 0.25) is 5.91 Å². The molecule has 1 N–H and O–H groups in total. The monoisotopic (exact) mass is 376 g/mol. The van der Waals surface area contributed by atoms with Gasteiger partial charge in [-0.2, -0.15) is 0 Å². The Balaban J connectivity index is 1.37. The van der Waals surface area contributed by atoms with E-state index < -0.39 is 0 Å². The summed E-state index contributed by atoms with van der Waals surface area (Å²) in [5.74, 6) is 0.995. The van der Waals surface area contributed by atoms with Gasteiger partial charge in [0.1, 0.15) is 6.61 Å². The smallest absolute Gasteiger partial charge is 0.226 e. The van der Waals surface area contributed by atoms with E-state index in [-0.39, 0.29) is 12.3 Å². The first-order valence-corrected chi connectivity index (χ1v) is 9.95. The molecule has 3 rings (SSSR count). The van der Waals surface area contributed by atoms with Crippen molar-refractivity contribution in [3.63, 3.8) is 0 Å². The Bertz CT molecular complexity index is 696. The van der Waals surface area contributed by atoms with Crippen LogP contribution in [0.5, 0.6) is 0 Å². The Morgan fingerprint density at radius 2 is 2.19 bits per heavy atom. The van der Waals surface area contributed by atoms with Crippen LogP contribution in [0.3, 0.4) is 0 Å². The van der Waals surface area contributed by atoms with E-state index in [1.165, 1.54) is 4.90 Å². The second-order valence-electron chi connectivity index (χ2n) is 6.34. The number of aromatic nitrogens is 1. The molecule has 0 saturated carbocycles. The molecular weight excluding hydrogens is 352 g/mol. The van der Waals surface area contributed by atoms with Crippen molar-refractivity contribution in [3.8, 4) is 0 Å². The maximum atomic E-state index is 12.0. The number of ether oxygens (including phenoxy) is 2. The van der Waals surface area contributed by atoms with Gasteiger partial charge < -0.3 is 19.3 Å². The van der Waals surface area contributed by atoms with Crippen molar-refractivity contribution in [1.82, 2.24) is 10.5 Å². The van der Waals surface area contributed by atoms with Crippen LogP contribution >= 0.6 is 11.8 Å². The van der Waals surface area contributed by atoms with Crippen molar-refractivity contribution < 1.29 is 18.8 Å². The Hall–Kier alpha value is -1.83. The number of carbonyl (C=O) groups is 1. The molecule has 0 radical (unpaired) electrons. The van der Waals surface area contributed by atoms with Crippen LogP contribution < -0.4 is 5.32 Å². The molecule has 0 bridgehead atoms. The second-order valence-corrected chi connectivity index (χ2v) is 7.22. The molecule has 6 nitrogen and oxygen atoms in total. The van der Waals surface area contributed by atoms with Gasteiger partial charge in [-0.1, -0.05) is 17.3 Å². The SMILES string of the molecule is CSc1ccc(COCc2cc(CC(=O)NCC3CCOC3)no2)cc1. The molecule has 1 unspecified atom stereocenters. The van der Waals surface area contributed by atoms with Gasteiger partial charge in [-0.3, -0.25) is 4.79 Å². The molecule has 1 aliphatic heterocycles. The number of amides is 1. The molecule has 0 spiro atoms. The van der Waals surface area contributed by atoms with Crippen LogP contribution in [0.4, 0.5) is 0 Å². The van der Waals surface area contributed by atoms with Gasteiger partial charge in [0.25, 0.3) is 0 Å². The topological polar surface area (TPSA) is 73.6 Å². The minimum atomic E-state index is -0.0495. The summed E-state index contributed by atoms with van der Waals surface area (Å²) in [6.07, 6.45) is 3.27. The zero-order valence-corrected chi connectivity index (χ0v) is 15.7. The largest absolute Gasteiger partial charge is 0.381 e. The highest BCUT2D eigenvalue weighted by molar-refractivity contribution is 7.98. The van der Waals surface area contributed by atoms with Crippen molar-refractivity contribution in [2.45, 2.75) is 31.0 Å². The first-order valence-electron chi connectivity index (χ1n) is 8.72. The van der Waals surface area contributed by atoms with E-state index in [9.17, 15) is 4.79 Å². The summed E-state index contributed by atoms with van der Waals surface area (Å²) >= 11 is 1.71. The summed E-state index contributed by atoms with van der Waals surface area (Å²) in [4.78, 5) is 13.2. The summed E-state index contributed by atoms with van der Waals surface area (Å²) < 4.78 is 16.2. The summed E-state index contributed by atoms with van der Waals surface area (Å²) in [5.41, 5.74) is 1.73. The summed E-state index contributed by atoms with van der Waals surface area (Å²) in [6.45, 7) is 3.01. The lowest BCUT2D eigenvalue weighted by Gasteiger charge is -2.08. The fraction of sp³-hybridized carbons (Fsp3) is 0.474. The average molecular weight is 376 g/mol. The highest BCUT2D eigenvalue weighted by atomic mass is 32.2. The van der Waals surface area contributed by atoms with E-state index in [1.807, 2.05) is 0 Å². The average Bonchev–Trinajstić information content (AvgIpc) is 3.33. The molecule has 1 saturated heterocycles. The molecule has 140 valence electrons. The maximum absolute atomic E-state index is 12.0. The second kappa shape index (κ2) is 9.75. The van der Waals surface area contributed by atoms with Crippen LogP contribution in [0, 0.1) is 5.92 Å². The number of carbonyl (C=O) groups excluding carboxylic acids is 1. The minimum absolute atomic E-state index is 0.0495. The van der Waals surface area contributed by atoms with Gasteiger partial charge in [0.15, 0.2) is 5.76 Å². The normalized spacial score (nSPS) is 16.7. The van der Waals surface area contributed by atoms with Crippen LogP contribution in [0.2, 0.25) is 0 Å². The van der Waals surface area contributed by atoms with Crippen LogP contribution in [0.1, 0.15) is 23.4 Å². The molecule has 26 heavy (non-hydrogen) atoms. The lowest BCUT2D eigenvalue weighted by atomic mass is 10.1. The number of nitrogens with zero attached hydrogens (tertiary/aromatic N) is 1. The van der Waals surface area contributed by atoms with Crippen molar-refractivity contribution in [2.75, 3.05) is 26.0 Å². The van der Waals surface area contributed by atoms with Gasteiger partial charge in [-0.05, 0) is 30.4 Å². The summed E-state index contributed by atoms with van der Waals surface area (Å²) in [5, 5.41) is 6.86. The van der Waals surface area contributed by atoms with Crippen molar-refractivity contribution in [2.24, 2.45) is 5.92 Å². The van der Waals surface area contributed by atoms with Crippen LogP contribution in [0.15, 0.2) is 39.8 Å². The van der Waals surface area contributed by atoms with Crippen molar-refractivity contribution in [1.29, 1.82) is 0 Å². The fourth-order valence-corrected chi connectivity index (χ4v) is 3.14. The molecule has 1 aromatic heterocycles. The fourth-order valence-electron chi connectivity index (χ4n) is 2.73. The number of rotatable bonds is 9. The molecule has 1 fully saturated rings. The number of hydrogen-bond donors (Lipinski definition) is 1. The predicted molar refractivity (Wildman–Crippen MR) is 98.9 cm³/mol. The molecule has 0 aliphatic carbocycles. The van der Waals surface area contributed by atoms with Gasteiger partial charge in [-0.15, -0.1) is 11.8 Å². The first kappa shape index (κ1) is 18.9. The lowest BCUT2D eigenvalue weighted by molar-refractivity contribution is -0.120. The van der Waals surface area contributed by atoms with Gasteiger partial charge in [0, 0.05) is 30.0 Å². The Morgan fingerprint density at radius 3 is 2.92 bits per heavy atom. The number of hydrogen-bond acceptors (Lipinski definition) is 6. The molecule has 1 atom stereocenters. The van der Waals surface area contributed by atoms with E-state index in [2.05, 4.69) is 41.0 Å². The number of nitrogens with one attached hydrogen (secondary N) is 1. The van der Waals surface area contributed by atoms with Gasteiger partial charge in [0.05, 0.1) is 25.3 Å². The Morgan fingerprint density at radius 1 is 1.35 bits per heavy atom. The zero-order valence-electron chi connectivity index (χ0n) is 14.9. The summed E-state index contributed by atoms with van der Waals surface area (Å²) in [7, 11) is 0. The minimum Gasteiger partial charge on any atom is -0.381 e. The molecular formula is C19H24N2O4S. The van der Waals surface area contributed by atoms with Gasteiger partial charge >= 0.3 is 0 Å². The highest BCUT2D eigenvalue weighted by Crippen LogP contribution is 2.16. The third-order valence-electron chi connectivity index (χ3n) is 4.23. The molecule has 2 heterocycles. The van der Waals surface area contributed by atoms with Crippen molar-refractivity contribution in [3.05, 3.63) is 47.3 Å².